The maximum atomic E-state index is 12.2. The summed E-state index contributed by atoms with van der Waals surface area (Å²) in [6, 6.07) is 12.5. The summed E-state index contributed by atoms with van der Waals surface area (Å²) in [7, 11) is 0. The van der Waals surface area contributed by atoms with E-state index in [0.717, 1.165) is 5.56 Å². The Bertz CT molecular complexity index is 937. The summed E-state index contributed by atoms with van der Waals surface area (Å²) in [5.74, 6) is -0.954. The lowest BCUT2D eigenvalue weighted by atomic mass is 10.1. The van der Waals surface area contributed by atoms with E-state index in [0.29, 0.717) is 5.56 Å². The van der Waals surface area contributed by atoms with Gasteiger partial charge in [0.25, 0.3) is 5.91 Å². The number of hydrogen-bond donors (Lipinski definition) is 2. The molecule has 2 aromatic rings. The Kier molecular flexibility index (Phi) is 7.20. The number of anilines is 1. The van der Waals surface area contributed by atoms with Gasteiger partial charge in [0.15, 0.2) is 6.61 Å². The fraction of sp³-hybridized carbons (Fsp3) is 0.250. The van der Waals surface area contributed by atoms with E-state index in [-0.39, 0.29) is 35.9 Å². The number of rotatable bonds is 7. The van der Waals surface area contributed by atoms with Crippen LogP contribution in [0.3, 0.4) is 0 Å². The highest BCUT2D eigenvalue weighted by atomic mass is 19.4. The maximum absolute atomic E-state index is 12.2. The molecule has 152 valence electrons. The van der Waals surface area contributed by atoms with Crippen molar-refractivity contribution in [3.8, 4) is 11.8 Å². The van der Waals surface area contributed by atoms with E-state index in [1.807, 2.05) is 6.07 Å². The Hall–Kier alpha value is -3.54. The van der Waals surface area contributed by atoms with Gasteiger partial charge in [-0.15, -0.1) is 0 Å². The van der Waals surface area contributed by atoms with Gasteiger partial charge in [-0.05, 0) is 36.8 Å². The highest BCUT2D eigenvalue weighted by Gasteiger charge is 2.28. The molecule has 2 amide bonds. The first-order valence-corrected chi connectivity index (χ1v) is 8.57. The van der Waals surface area contributed by atoms with Gasteiger partial charge in [0, 0.05) is 24.2 Å². The van der Waals surface area contributed by atoms with Gasteiger partial charge in [0.05, 0.1) is 5.56 Å². The number of carbonyl (C=O) groups excluding carboxylic acids is 2. The van der Waals surface area contributed by atoms with Crippen molar-refractivity contribution in [1.82, 2.24) is 5.32 Å². The van der Waals surface area contributed by atoms with Crippen molar-refractivity contribution in [1.29, 1.82) is 5.26 Å². The summed E-state index contributed by atoms with van der Waals surface area (Å²) in [4.78, 5) is 24.1. The van der Waals surface area contributed by atoms with Crippen LogP contribution in [-0.4, -0.2) is 31.1 Å². The molecule has 0 aromatic heterocycles. The monoisotopic (exact) mass is 405 g/mol. The first kappa shape index (κ1) is 21.8. The normalized spacial score (nSPS) is 10.7. The molecular weight excluding hydrogens is 387 g/mol. The van der Waals surface area contributed by atoms with Crippen LogP contribution in [-0.2, 0) is 4.79 Å². The van der Waals surface area contributed by atoms with Crippen molar-refractivity contribution in [2.75, 3.05) is 18.5 Å². The van der Waals surface area contributed by atoms with Crippen LogP contribution in [0.2, 0.25) is 0 Å². The number of carbonyl (C=O) groups is 2. The lowest BCUT2D eigenvalue weighted by Gasteiger charge is -2.12. The van der Waals surface area contributed by atoms with Crippen LogP contribution in [0.4, 0.5) is 18.9 Å². The standard InChI is InChI=1S/C20H18F3N3O3/c1-13-4-2-3-5-16(13)19(28)25-9-8-18(27)26-15-6-7-17(14(10-15)11-24)29-12-20(21,22)23/h2-7,10H,8-9,12H2,1H3,(H,25,28)(H,26,27). The summed E-state index contributed by atoms with van der Waals surface area (Å²) < 4.78 is 41.3. The zero-order valence-electron chi connectivity index (χ0n) is 15.5. The topological polar surface area (TPSA) is 91.2 Å². The van der Waals surface area contributed by atoms with Crippen molar-refractivity contribution >= 4 is 17.5 Å². The molecule has 0 saturated heterocycles. The van der Waals surface area contributed by atoms with Crippen molar-refractivity contribution in [2.45, 2.75) is 19.5 Å². The lowest BCUT2D eigenvalue weighted by Crippen LogP contribution is -2.28. The number of amides is 2. The van der Waals surface area contributed by atoms with Crippen molar-refractivity contribution in [3.05, 3.63) is 59.2 Å². The van der Waals surface area contributed by atoms with Gasteiger partial charge in [-0.25, -0.2) is 0 Å². The van der Waals surface area contributed by atoms with Gasteiger partial charge in [0.1, 0.15) is 11.8 Å². The molecule has 0 radical (unpaired) electrons. The number of benzene rings is 2. The highest BCUT2D eigenvalue weighted by Crippen LogP contribution is 2.24. The molecule has 6 nitrogen and oxygen atoms in total. The van der Waals surface area contributed by atoms with E-state index in [9.17, 15) is 22.8 Å². The molecular formula is C20H18F3N3O3. The predicted molar refractivity (Wildman–Crippen MR) is 99.5 cm³/mol. The predicted octanol–water partition coefficient (Wildman–Crippen LogP) is 3.57. The van der Waals surface area contributed by atoms with Crippen LogP contribution in [0.25, 0.3) is 0 Å². The first-order valence-electron chi connectivity index (χ1n) is 8.57. The highest BCUT2D eigenvalue weighted by molar-refractivity contribution is 5.96. The first-order chi connectivity index (χ1) is 13.7. The molecule has 0 aliphatic heterocycles. The minimum atomic E-state index is -4.53. The molecule has 0 spiro atoms. The second kappa shape index (κ2) is 9.59. The van der Waals surface area contributed by atoms with Crippen LogP contribution in [0, 0.1) is 18.3 Å². The van der Waals surface area contributed by atoms with Crippen LogP contribution in [0.5, 0.6) is 5.75 Å². The molecule has 0 atom stereocenters. The van der Waals surface area contributed by atoms with Gasteiger partial charge >= 0.3 is 6.18 Å². The summed E-state index contributed by atoms with van der Waals surface area (Å²) in [6.45, 7) is 0.376. The number of nitriles is 1. The molecule has 0 saturated carbocycles. The fourth-order valence-electron chi connectivity index (χ4n) is 2.42. The molecule has 0 fully saturated rings. The average Bonchev–Trinajstić information content (AvgIpc) is 2.66. The molecule has 2 rings (SSSR count). The van der Waals surface area contributed by atoms with Gasteiger partial charge in [-0.2, -0.15) is 18.4 Å². The molecule has 2 N–H and O–H groups in total. The number of halogens is 3. The quantitative estimate of drug-likeness (QED) is 0.737. The van der Waals surface area contributed by atoms with E-state index in [1.165, 1.54) is 18.2 Å². The average molecular weight is 405 g/mol. The number of hydrogen-bond acceptors (Lipinski definition) is 4. The zero-order chi connectivity index (χ0) is 21.4. The number of ether oxygens (including phenoxy) is 1. The van der Waals surface area contributed by atoms with Crippen molar-refractivity contribution in [2.24, 2.45) is 0 Å². The Balaban J connectivity index is 1.88. The Labute approximate surface area is 165 Å². The van der Waals surface area contributed by atoms with E-state index in [2.05, 4.69) is 15.4 Å². The summed E-state index contributed by atoms with van der Waals surface area (Å²) in [6.07, 6.45) is -4.55. The van der Waals surface area contributed by atoms with Gasteiger partial charge in [-0.3, -0.25) is 9.59 Å². The van der Waals surface area contributed by atoms with Crippen molar-refractivity contribution < 1.29 is 27.5 Å². The third-order valence-corrected chi connectivity index (χ3v) is 3.80. The minimum Gasteiger partial charge on any atom is -0.483 e. The second-order valence-electron chi connectivity index (χ2n) is 6.10. The Morgan fingerprint density at radius 1 is 1.17 bits per heavy atom. The van der Waals surface area contributed by atoms with Crippen LogP contribution < -0.4 is 15.4 Å². The number of nitrogens with one attached hydrogen (secondary N) is 2. The summed E-state index contributed by atoms with van der Waals surface area (Å²) >= 11 is 0. The van der Waals surface area contributed by atoms with Gasteiger partial charge < -0.3 is 15.4 Å². The zero-order valence-corrected chi connectivity index (χ0v) is 15.5. The second-order valence-corrected chi connectivity index (χ2v) is 6.10. The van der Waals surface area contributed by atoms with E-state index in [1.54, 1.807) is 31.2 Å². The summed E-state index contributed by atoms with van der Waals surface area (Å²) in [5.41, 5.74) is 1.42. The van der Waals surface area contributed by atoms with E-state index >= 15 is 0 Å². The van der Waals surface area contributed by atoms with Gasteiger partial charge in [0.2, 0.25) is 5.91 Å². The summed E-state index contributed by atoms with van der Waals surface area (Å²) in [5, 5.41) is 14.2. The number of aryl methyl sites for hydroxylation is 1. The third-order valence-electron chi connectivity index (χ3n) is 3.80. The smallest absolute Gasteiger partial charge is 0.422 e. The Morgan fingerprint density at radius 2 is 1.90 bits per heavy atom. The van der Waals surface area contributed by atoms with Crippen LogP contribution in [0.1, 0.15) is 27.9 Å². The fourth-order valence-corrected chi connectivity index (χ4v) is 2.42. The van der Waals surface area contributed by atoms with Gasteiger partial charge in [-0.1, -0.05) is 18.2 Å². The molecule has 9 heteroatoms. The lowest BCUT2D eigenvalue weighted by molar-refractivity contribution is -0.153. The number of nitrogens with zero attached hydrogens (tertiary/aromatic N) is 1. The SMILES string of the molecule is Cc1ccccc1C(=O)NCCC(=O)Nc1ccc(OCC(F)(F)F)c(C#N)c1. The maximum Gasteiger partial charge on any atom is 0.422 e. The van der Waals surface area contributed by atoms with Crippen LogP contribution in [0.15, 0.2) is 42.5 Å². The molecule has 0 unspecified atom stereocenters. The molecule has 0 heterocycles. The van der Waals surface area contributed by atoms with Crippen molar-refractivity contribution in [3.63, 3.8) is 0 Å². The molecule has 29 heavy (non-hydrogen) atoms. The number of alkyl halides is 3. The Morgan fingerprint density at radius 3 is 2.55 bits per heavy atom. The molecule has 2 aromatic carbocycles. The third kappa shape index (κ3) is 6.84. The minimum absolute atomic E-state index is 0.0220. The van der Waals surface area contributed by atoms with E-state index < -0.39 is 18.7 Å². The van der Waals surface area contributed by atoms with Crippen LogP contribution >= 0.6 is 0 Å². The molecule has 0 aliphatic carbocycles. The molecule has 0 bridgehead atoms. The molecule has 0 aliphatic rings. The largest absolute Gasteiger partial charge is 0.483 e. The van der Waals surface area contributed by atoms with E-state index in [4.69, 9.17) is 5.26 Å².